The van der Waals surface area contributed by atoms with Gasteiger partial charge in [-0.2, -0.15) is 0 Å². The third kappa shape index (κ3) is 4.31. The molecular weight excluding hydrogens is 372 g/mol. The van der Waals surface area contributed by atoms with Gasteiger partial charge in [0.15, 0.2) is 0 Å². The van der Waals surface area contributed by atoms with E-state index in [0.29, 0.717) is 6.61 Å². The quantitative estimate of drug-likeness (QED) is 0.452. The minimum absolute atomic E-state index is 0.656. The maximum atomic E-state index is 6.10. The van der Waals surface area contributed by atoms with Crippen molar-refractivity contribution >= 4 is 11.3 Å². The lowest BCUT2D eigenvalue weighted by atomic mass is 10.1. The number of benzene rings is 2. The van der Waals surface area contributed by atoms with Gasteiger partial charge in [0.1, 0.15) is 11.4 Å². The molecule has 0 spiro atoms. The standard InChI is InChI=1S/C25H28N4O/c1-3-28(16-19-8-6-5-7-9-19)18-23-25(20-10-13-22(14-11-20)30-4-2)27-24-15-12-21(26)17-29(23)24/h5-15,17H,3-4,16,18,26H2,1-2H3. The second kappa shape index (κ2) is 9.01. The number of imidazole rings is 1. The van der Waals surface area contributed by atoms with E-state index in [4.69, 9.17) is 15.5 Å². The Kier molecular flexibility index (Phi) is 6.00. The van der Waals surface area contributed by atoms with Crippen molar-refractivity contribution < 1.29 is 4.74 Å². The van der Waals surface area contributed by atoms with Gasteiger partial charge in [0.05, 0.1) is 18.0 Å². The highest BCUT2D eigenvalue weighted by Gasteiger charge is 2.17. The minimum Gasteiger partial charge on any atom is -0.494 e. The predicted octanol–water partition coefficient (Wildman–Crippen LogP) is 5.00. The normalized spacial score (nSPS) is 11.3. The van der Waals surface area contributed by atoms with Crippen molar-refractivity contribution in [1.82, 2.24) is 14.3 Å². The summed E-state index contributed by atoms with van der Waals surface area (Å²) in [4.78, 5) is 7.35. The van der Waals surface area contributed by atoms with Gasteiger partial charge in [0.25, 0.3) is 0 Å². The first-order valence-corrected chi connectivity index (χ1v) is 10.4. The molecule has 2 heterocycles. The maximum Gasteiger partial charge on any atom is 0.137 e. The number of aromatic nitrogens is 2. The number of ether oxygens (including phenoxy) is 1. The van der Waals surface area contributed by atoms with Crippen LogP contribution in [0, 0.1) is 0 Å². The second-order valence-electron chi connectivity index (χ2n) is 7.34. The molecule has 30 heavy (non-hydrogen) atoms. The molecule has 0 bridgehead atoms. The van der Waals surface area contributed by atoms with Gasteiger partial charge in [-0.15, -0.1) is 0 Å². The molecule has 0 amide bonds. The van der Waals surface area contributed by atoms with E-state index in [0.717, 1.165) is 53.7 Å². The van der Waals surface area contributed by atoms with E-state index in [9.17, 15) is 0 Å². The summed E-state index contributed by atoms with van der Waals surface area (Å²) in [7, 11) is 0. The van der Waals surface area contributed by atoms with Gasteiger partial charge in [-0.25, -0.2) is 4.98 Å². The first-order valence-electron chi connectivity index (χ1n) is 10.4. The summed E-state index contributed by atoms with van der Waals surface area (Å²) in [5.74, 6) is 0.870. The zero-order chi connectivity index (χ0) is 20.9. The summed E-state index contributed by atoms with van der Waals surface area (Å²) >= 11 is 0. The molecule has 0 saturated heterocycles. The van der Waals surface area contributed by atoms with Crippen LogP contribution in [0.2, 0.25) is 0 Å². The van der Waals surface area contributed by atoms with E-state index >= 15 is 0 Å². The molecule has 0 atom stereocenters. The van der Waals surface area contributed by atoms with Gasteiger partial charge in [0, 0.05) is 30.5 Å². The van der Waals surface area contributed by atoms with Gasteiger partial charge < -0.3 is 14.9 Å². The van der Waals surface area contributed by atoms with Crippen LogP contribution >= 0.6 is 0 Å². The lowest BCUT2D eigenvalue weighted by Crippen LogP contribution is -2.23. The van der Waals surface area contributed by atoms with E-state index in [-0.39, 0.29) is 0 Å². The minimum atomic E-state index is 0.656. The number of nitrogens with two attached hydrogens (primary N) is 1. The lowest BCUT2D eigenvalue weighted by molar-refractivity contribution is 0.268. The van der Waals surface area contributed by atoms with Crippen molar-refractivity contribution in [2.24, 2.45) is 0 Å². The van der Waals surface area contributed by atoms with Crippen LogP contribution in [0.5, 0.6) is 5.75 Å². The average molecular weight is 401 g/mol. The Bertz CT molecular complexity index is 1100. The largest absolute Gasteiger partial charge is 0.494 e. The molecule has 2 aromatic heterocycles. The number of anilines is 1. The molecule has 0 fully saturated rings. The Morgan fingerprint density at radius 2 is 1.70 bits per heavy atom. The van der Waals surface area contributed by atoms with Crippen LogP contribution in [0.15, 0.2) is 72.9 Å². The summed E-state index contributed by atoms with van der Waals surface area (Å²) in [6.07, 6.45) is 1.96. The fourth-order valence-corrected chi connectivity index (χ4v) is 3.70. The van der Waals surface area contributed by atoms with Crippen LogP contribution in [-0.2, 0) is 13.1 Å². The molecule has 4 rings (SSSR count). The van der Waals surface area contributed by atoms with E-state index in [1.54, 1.807) is 0 Å². The van der Waals surface area contributed by atoms with Crippen LogP contribution in [0.3, 0.4) is 0 Å². The van der Waals surface area contributed by atoms with E-state index in [1.165, 1.54) is 5.56 Å². The molecule has 0 aliphatic carbocycles. The van der Waals surface area contributed by atoms with Crippen molar-refractivity contribution in [3.05, 3.63) is 84.2 Å². The van der Waals surface area contributed by atoms with E-state index < -0.39 is 0 Å². The smallest absolute Gasteiger partial charge is 0.137 e. The van der Waals surface area contributed by atoms with Gasteiger partial charge in [0.2, 0.25) is 0 Å². The predicted molar refractivity (Wildman–Crippen MR) is 122 cm³/mol. The van der Waals surface area contributed by atoms with Crippen LogP contribution in [0.25, 0.3) is 16.9 Å². The highest BCUT2D eigenvalue weighted by molar-refractivity contribution is 5.68. The van der Waals surface area contributed by atoms with Crippen LogP contribution in [0.4, 0.5) is 5.69 Å². The van der Waals surface area contributed by atoms with Crippen LogP contribution < -0.4 is 10.5 Å². The average Bonchev–Trinajstić information content (AvgIpc) is 3.12. The molecule has 0 unspecified atom stereocenters. The van der Waals surface area contributed by atoms with E-state index in [1.807, 2.05) is 37.4 Å². The Balaban J connectivity index is 1.72. The number of hydrogen-bond acceptors (Lipinski definition) is 4. The number of fused-ring (bicyclic) bond motifs is 1. The zero-order valence-electron chi connectivity index (χ0n) is 17.6. The number of hydrogen-bond donors (Lipinski definition) is 1. The zero-order valence-corrected chi connectivity index (χ0v) is 17.6. The Hall–Kier alpha value is -3.31. The molecule has 0 aliphatic heterocycles. The van der Waals surface area contributed by atoms with Crippen molar-refractivity contribution in [2.75, 3.05) is 18.9 Å². The number of rotatable bonds is 8. The first kappa shape index (κ1) is 20.0. The summed E-state index contributed by atoms with van der Waals surface area (Å²) < 4.78 is 7.72. The van der Waals surface area contributed by atoms with Gasteiger partial charge >= 0.3 is 0 Å². The second-order valence-corrected chi connectivity index (χ2v) is 7.34. The molecule has 154 valence electrons. The topological polar surface area (TPSA) is 55.8 Å². The molecule has 2 aromatic carbocycles. The van der Waals surface area contributed by atoms with Crippen molar-refractivity contribution in [2.45, 2.75) is 26.9 Å². The number of nitrogen functional groups attached to an aromatic ring is 1. The maximum absolute atomic E-state index is 6.10. The molecule has 0 radical (unpaired) electrons. The fourth-order valence-electron chi connectivity index (χ4n) is 3.70. The van der Waals surface area contributed by atoms with Crippen LogP contribution in [-0.4, -0.2) is 27.4 Å². The van der Waals surface area contributed by atoms with Crippen LogP contribution in [0.1, 0.15) is 25.1 Å². The summed E-state index contributed by atoms with van der Waals surface area (Å²) in [5, 5.41) is 0. The molecule has 0 aliphatic rings. The third-order valence-corrected chi connectivity index (χ3v) is 5.25. The van der Waals surface area contributed by atoms with Gasteiger partial charge in [-0.3, -0.25) is 4.90 Å². The van der Waals surface area contributed by atoms with Gasteiger partial charge in [-0.1, -0.05) is 37.3 Å². The Morgan fingerprint density at radius 1 is 0.933 bits per heavy atom. The fraction of sp³-hybridized carbons (Fsp3) is 0.240. The molecule has 5 heteroatoms. The first-order chi connectivity index (χ1) is 14.7. The molecular formula is C25H28N4O. The van der Waals surface area contributed by atoms with Crippen molar-refractivity contribution in [1.29, 1.82) is 0 Å². The number of pyridine rings is 1. The Morgan fingerprint density at radius 3 is 2.40 bits per heavy atom. The SMILES string of the molecule is CCOc1ccc(-c2nc3ccc(N)cn3c2CN(CC)Cc2ccccc2)cc1. The van der Waals surface area contributed by atoms with E-state index in [2.05, 4.69) is 58.7 Å². The van der Waals surface area contributed by atoms with Crippen molar-refractivity contribution in [3.63, 3.8) is 0 Å². The third-order valence-electron chi connectivity index (χ3n) is 5.25. The lowest BCUT2D eigenvalue weighted by Gasteiger charge is -2.21. The Labute approximate surface area is 177 Å². The molecule has 2 N–H and O–H groups in total. The summed E-state index contributed by atoms with van der Waals surface area (Å²) in [6.45, 7) is 7.44. The molecule has 4 aromatic rings. The highest BCUT2D eigenvalue weighted by Crippen LogP contribution is 2.28. The van der Waals surface area contributed by atoms with Gasteiger partial charge in [-0.05, 0) is 55.4 Å². The molecule has 5 nitrogen and oxygen atoms in total. The summed E-state index contributed by atoms with van der Waals surface area (Å²) in [5.41, 5.74) is 12.2. The van der Waals surface area contributed by atoms with Crippen molar-refractivity contribution in [3.8, 4) is 17.0 Å². The summed E-state index contributed by atoms with van der Waals surface area (Å²) in [6, 6.07) is 22.6. The number of nitrogens with zero attached hydrogens (tertiary/aromatic N) is 3. The molecule has 0 saturated carbocycles. The highest BCUT2D eigenvalue weighted by atomic mass is 16.5. The monoisotopic (exact) mass is 400 g/mol.